The summed E-state index contributed by atoms with van der Waals surface area (Å²) in [4.78, 5) is 19.4. The fourth-order valence-electron chi connectivity index (χ4n) is 3.63. The summed E-state index contributed by atoms with van der Waals surface area (Å²) in [6, 6.07) is 15.7. The number of carbonyl (C=O) groups excluding carboxylic acids is 1. The molecular formula is C21H22N4O2. The Labute approximate surface area is 158 Å². The molecule has 1 aliphatic rings. The van der Waals surface area contributed by atoms with Crippen LogP contribution in [0.4, 0.5) is 0 Å². The third kappa shape index (κ3) is 3.56. The van der Waals surface area contributed by atoms with E-state index >= 15 is 0 Å². The number of rotatable bonds is 4. The van der Waals surface area contributed by atoms with E-state index < -0.39 is 0 Å². The molecule has 3 aromatic rings. The van der Waals surface area contributed by atoms with Crippen LogP contribution in [0.5, 0.6) is 5.75 Å². The van der Waals surface area contributed by atoms with Crippen molar-refractivity contribution in [1.82, 2.24) is 20.1 Å². The van der Waals surface area contributed by atoms with Gasteiger partial charge in [-0.25, -0.2) is 0 Å². The maximum atomic E-state index is 12.6. The van der Waals surface area contributed by atoms with Crippen LogP contribution >= 0.6 is 0 Å². The van der Waals surface area contributed by atoms with Gasteiger partial charge in [-0.3, -0.25) is 14.9 Å². The summed E-state index contributed by atoms with van der Waals surface area (Å²) < 4.78 is 5.47. The number of amides is 1. The fourth-order valence-corrected chi connectivity index (χ4v) is 3.63. The van der Waals surface area contributed by atoms with Gasteiger partial charge in [0.2, 0.25) is 0 Å². The van der Waals surface area contributed by atoms with E-state index in [2.05, 4.69) is 10.2 Å². The number of methoxy groups -OCH3 is 1. The number of nitrogens with zero attached hydrogens (tertiary/aromatic N) is 3. The highest BCUT2D eigenvalue weighted by atomic mass is 16.5. The van der Waals surface area contributed by atoms with Gasteiger partial charge in [0.15, 0.2) is 0 Å². The highest BCUT2D eigenvalue weighted by Gasteiger charge is 2.27. The van der Waals surface area contributed by atoms with Crippen molar-refractivity contribution in [2.75, 3.05) is 20.2 Å². The fraction of sp³-hybridized carbons (Fsp3) is 0.286. The standard InChI is InChI=1S/C21H22N4O2/c1-27-20-10-3-2-7-16(20)18-9-4-8-17(23-18)15-6-5-13-25(14-15)21(26)19-11-12-22-24-19/h2-4,7-12,15H,5-6,13-14H2,1H3,(H,22,24)/t15-/m0/s1. The third-order valence-electron chi connectivity index (χ3n) is 5.01. The van der Waals surface area contributed by atoms with Crippen LogP contribution in [0.15, 0.2) is 54.7 Å². The summed E-state index contributed by atoms with van der Waals surface area (Å²) in [5.41, 5.74) is 3.41. The molecule has 1 aromatic carbocycles. The number of ether oxygens (including phenoxy) is 1. The van der Waals surface area contributed by atoms with E-state index in [-0.39, 0.29) is 11.8 Å². The summed E-state index contributed by atoms with van der Waals surface area (Å²) in [6.07, 6.45) is 3.59. The second-order valence-electron chi connectivity index (χ2n) is 6.71. The van der Waals surface area contributed by atoms with Gasteiger partial charge in [0.05, 0.1) is 12.8 Å². The number of nitrogens with one attached hydrogen (secondary N) is 1. The molecule has 4 rings (SSSR count). The zero-order valence-corrected chi connectivity index (χ0v) is 15.3. The molecule has 3 heterocycles. The van der Waals surface area contributed by atoms with E-state index in [9.17, 15) is 4.79 Å². The van der Waals surface area contributed by atoms with Gasteiger partial charge >= 0.3 is 0 Å². The van der Waals surface area contributed by atoms with Crippen molar-refractivity contribution in [3.8, 4) is 17.0 Å². The molecule has 0 aliphatic carbocycles. The van der Waals surface area contributed by atoms with Crippen molar-refractivity contribution < 1.29 is 9.53 Å². The van der Waals surface area contributed by atoms with Crippen molar-refractivity contribution in [1.29, 1.82) is 0 Å². The first-order valence-corrected chi connectivity index (χ1v) is 9.15. The minimum atomic E-state index is -0.00177. The predicted molar refractivity (Wildman–Crippen MR) is 103 cm³/mol. The predicted octanol–water partition coefficient (Wildman–Crippen LogP) is 3.50. The molecule has 1 amide bonds. The molecule has 6 heteroatoms. The molecule has 27 heavy (non-hydrogen) atoms. The van der Waals surface area contributed by atoms with Crippen LogP contribution in [0.3, 0.4) is 0 Å². The maximum absolute atomic E-state index is 12.6. The quantitative estimate of drug-likeness (QED) is 0.771. The lowest BCUT2D eigenvalue weighted by atomic mass is 9.93. The van der Waals surface area contributed by atoms with Crippen molar-refractivity contribution in [2.45, 2.75) is 18.8 Å². The molecule has 0 unspecified atom stereocenters. The molecule has 0 bridgehead atoms. The van der Waals surface area contributed by atoms with E-state index in [4.69, 9.17) is 9.72 Å². The Morgan fingerprint density at radius 3 is 2.89 bits per heavy atom. The van der Waals surface area contributed by atoms with Gasteiger partial charge in [-0.15, -0.1) is 0 Å². The maximum Gasteiger partial charge on any atom is 0.271 e. The lowest BCUT2D eigenvalue weighted by Crippen LogP contribution is -2.39. The molecule has 2 aromatic heterocycles. The first-order valence-electron chi connectivity index (χ1n) is 9.15. The first kappa shape index (κ1) is 17.3. The van der Waals surface area contributed by atoms with Crippen LogP contribution in [-0.4, -0.2) is 46.2 Å². The van der Waals surface area contributed by atoms with Crippen molar-refractivity contribution in [3.63, 3.8) is 0 Å². The Kier molecular flexibility index (Phi) is 4.87. The van der Waals surface area contributed by atoms with E-state index in [1.165, 1.54) is 0 Å². The molecule has 1 saturated heterocycles. The summed E-state index contributed by atoms with van der Waals surface area (Å²) in [5.74, 6) is 1.03. The highest BCUT2D eigenvalue weighted by Crippen LogP contribution is 2.31. The molecule has 0 spiro atoms. The summed E-state index contributed by atoms with van der Waals surface area (Å²) >= 11 is 0. The Morgan fingerprint density at radius 2 is 2.07 bits per heavy atom. The van der Waals surface area contributed by atoms with E-state index in [0.29, 0.717) is 12.2 Å². The van der Waals surface area contributed by atoms with Gasteiger partial charge in [-0.1, -0.05) is 18.2 Å². The molecule has 0 radical (unpaired) electrons. The number of carbonyl (C=O) groups is 1. The molecule has 1 N–H and O–H groups in total. The van der Waals surface area contributed by atoms with Crippen LogP contribution in [0.1, 0.15) is 34.9 Å². The number of pyridine rings is 1. The number of H-pyrrole nitrogens is 1. The molecule has 1 aliphatic heterocycles. The summed E-state index contributed by atoms with van der Waals surface area (Å²) in [6.45, 7) is 1.43. The number of piperidine rings is 1. The van der Waals surface area contributed by atoms with Gasteiger partial charge in [-0.05, 0) is 43.2 Å². The zero-order chi connectivity index (χ0) is 18.6. The van der Waals surface area contributed by atoms with Gasteiger partial charge < -0.3 is 9.64 Å². The van der Waals surface area contributed by atoms with Crippen LogP contribution in [0.2, 0.25) is 0 Å². The monoisotopic (exact) mass is 362 g/mol. The number of hydrogen-bond donors (Lipinski definition) is 1. The highest BCUT2D eigenvalue weighted by molar-refractivity contribution is 5.92. The Balaban J connectivity index is 1.57. The summed E-state index contributed by atoms with van der Waals surface area (Å²) in [5, 5.41) is 6.64. The Hall–Kier alpha value is -3.15. The molecule has 1 fully saturated rings. The number of benzene rings is 1. The average Bonchev–Trinajstić information content (AvgIpc) is 3.28. The second kappa shape index (κ2) is 7.61. The molecule has 138 valence electrons. The van der Waals surface area contributed by atoms with Gasteiger partial charge in [0.25, 0.3) is 5.91 Å². The van der Waals surface area contributed by atoms with Crippen LogP contribution in [0.25, 0.3) is 11.3 Å². The van der Waals surface area contributed by atoms with Crippen molar-refractivity contribution in [3.05, 3.63) is 66.1 Å². The Bertz CT molecular complexity index is 923. The van der Waals surface area contributed by atoms with Crippen molar-refractivity contribution >= 4 is 5.91 Å². The number of likely N-dealkylation sites (tertiary alicyclic amines) is 1. The molecule has 0 saturated carbocycles. The molecule has 1 atom stereocenters. The van der Waals surface area contributed by atoms with Crippen LogP contribution in [0, 0.1) is 0 Å². The number of aromatic amines is 1. The largest absolute Gasteiger partial charge is 0.496 e. The minimum Gasteiger partial charge on any atom is -0.496 e. The van der Waals surface area contributed by atoms with Gasteiger partial charge in [-0.2, -0.15) is 5.10 Å². The SMILES string of the molecule is COc1ccccc1-c1cccc([C@H]2CCCN(C(=O)c3ccn[nH]3)C2)n1. The molecule has 6 nitrogen and oxygen atoms in total. The van der Waals surface area contributed by atoms with Gasteiger partial charge in [0.1, 0.15) is 11.4 Å². The third-order valence-corrected chi connectivity index (χ3v) is 5.01. The van der Waals surface area contributed by atoms with Crippen LogP contribution < -0.4 is 4.74 Å². The average molecular weight is 362 g/mol. The number of hydrogen-bond acceptors (Lipinski definition) is 4. The molecular weight excluding hydrogens is 340 g/mol. The number of para-hydroxylation sites is 1. The van der Waals surface area contributed by atoms with Crippen molar-refractivity contribution in [2.24, 2.45) is 0 Å². The zero-order valence-electron chi connectivity index (χ0n) is 15.3. The smallest absolute Gasteiger partial charge is 0.271 e. The van der Waals surface area contributed by atoms with Gasteiger partial charge in [0, 0.05) is 36.5 Å². The summed E-state index contributed by atoms with van der Waals surface area (Å²) in [7, 11) is 1.67. The lowest BCUT2D eigenvalue weighted by molar-refractivity contribution is 0.0700. The van der Waals surface area contributed by atoms with E-state index in [1.54, 1.807) is 19.4 Å². The van der Waals surface area contributed by atoms with E-state index in [0.717, 1.165) is 42.1 Å². The minimum absolute atomic E-state index is 0.00177. The normalized spacial score (nSPS) is 16.9. The topological polar surface area (TPSA) is 71.1 Å². The van der Waals surface area contributed by atoms with Crippen LogP contribution in [-0.2, 0) is 0 Å². The van der Waals surface area contributed by atoms with E-state index in [1.807, 2.05) is 47.4 Å². The first-order chi connectivity index (χ1) is 13.3. The number of aromatic nitrogens is 3. The lowest BCUT2D eigenvalue weighted by Gasteiger charge is -2.32. The Morgan fingerprint density at radius 1 is 1.19 bits per heavy atom. The second-order valence-corrected chi connectivity index (χ2v) is 6.71.